The van der Waals surface area contributed by atoms with Crippen LogP contribution in [0.3, 0.4) is 0 Å². The number of halogens is 1. The van der Waals surface area contributed by atoms with Gasteiger partial charge in [0.05, 0.1) is 11.1 Å². The van der Waals surface area contributed by atoms with Crippen LogP contribution in [0.1, 0.15) is 4.88 Å². The van der Waals surface area contributed by atoms with E-state index in [1.54, 1.807) is 24.3 Å². The number of thiophene rings is 1. The van der Waals surface area contributed by atoms with Crippen LogP contribution in [0, 0.1) is 6.92 Å². The van der Waals surface area contributed by atoms with Crippen molar-refractivity contribution in [3.8, 4) is 0 Å². The predicted octanol–water partition coefficient (Wildman–Crippen LogP) is 2.46. The molecule has 0 aliphatic rings. The smallest absolute Gasteiger partial charge is 0.323 e. The number of aromatic nitrogens is 2. The molecule has 23 heavy (non-hydrogen) atoms. The van der Waals surface area contributed by atoms with Gasteiger partial charge in [-0.2, -0.15) is 0 Å². The Labute approximate surface area is 142 Å². The van der Waals surface area contributed by atoms with Gasteiger partial charge >= 0.3 is 5.69 Å². The highest BCUT2D eigenvalue weighted by molar-refractivity contribution is 9.10. The van der Waals surface area contributed by atoms with E-state index in [-0.39, 0.29) is 6.54 Å². The average Bonchev–Trinajstić information content (AvgIpc) is 2.86. The van der Waals surface area contributed by atoms with E-state index < -0.39 is 17.2 Å². The molecule has 0 saturated carbocycles. The van der Waals surface area contributed by atoms with Crippen molar-refractivity contribution in [1.82, 2.24) is 9.55 Å². The minimum Gasteiger partial charge on any atom is -0.323 e. The Bertz CT molecular complexity index is 1020. The third-order valence-corrected chi connectivity index (χ3v) is 4.90. The number of nitrogens with zero attached hydrogens (tertiary/aromatic N) is 1. The van der Waals surface area contributed by atoms with Crippen molar-refractivity contribution < 1.29 is 4.79 Å². The predicted molar refractivity (Wildman–Crippen MR) is 94.2 cm³/mol. The Morgan fingerprint density at radius 1 is 1.35 bits per heavy atom. The van der Waals surface area contributed by atoms with E-state index in [4.69, 9.17) is 0 Å². The number of aromatic amines is 1. The Balaban J connectivity index is 1.92. The molecule has 8 heteroatoms. The van der Waals surface area contributed by atoms with E-state index in [2.05, 4.69) is 26.2 Å². The van der Waals surface area contributed by atoms with Gasteiger partial charge in [0, 0.05) is 9.35 Å². The summed E-state index contributed by atoms with van der Waals surface area (Å²) in [5, 5.41) is 3.09. The number of carbonyl (C=O) groups excluding carboxylic acids is 1. The van der Waals surface area contributed by atoms with Crippen LogP contribution in [0.4, 0.5) is 5.69 Å². The van der Waals surface area contributed by atoms with Gasteiger partial charge < -0.3 is 5.32 Å². The van der Waals surface area contributed by atoms with E-state index in [1.807, 2.05) is 13.0 Å². The Hall–Kier alpha value is -2.19. The highest BCUT2D eigenvalue weighted by Gasteiger charge is 2.13. The molecule has 0 aliphatic heterocycles. The van der Waals surface area contributed by atoms with Gasteiger partial charge in [-0.05, 0) is 41.1 Å². The standard InChI is InChI=1S/C15H12BrN3O3S/c1-8-6-9-13(23-8)18-15(22)19(14(9)21)7-12(20)17-11-5-3-2-4-10(11)16/h2-6H,7H2,1H3,(H,17,20)(H,18,22). The topological polar surface area (TPSA) is 84.0 Å². The van der Waals surface area contributed by atoms with E-state index >= 15 is 0 Å². The highest BCUT2D eigenvalue weighted by atomic mass is 79.9. The number of carbonyl (C=O) groups is 1. The molecule has 0 fully saturated rings. The number of H-pyrrole nitrogens is 1. The Morgan fingerprint density at radius 2 is 2.09 bits per heavy atom. The molecule has 2 aromatic heterocycles. The molecule has 118 valence electrons. The van der Waals surface area contributed by atoms with Crippen molar-refractivity contribution >= 4 is 49.1 Å². The van der Waals surface area contributed by atoms with Crippen molar-refractivity contribution in [3.05, 3.63) is 60.5 Å². The molecule has 0 atom stereocenters. The maximum atomic E-state index is 12.4. The molecule has 1 amide bonds. The molecule has 0 unspecified atom stereocenters. The van der Waals surface area contributed by atoms with Gasteiger partial charge in [-0.1, -0.05) is 12.1 Å². The molecule has 6 nitrogen and oxygen atoms in total. The van der Waals surface area contributed by atoms with Crippen molar-refractivity contribution in [3.63, 3.8) is 0 Å². The summed E-state index contributed by atoms with van der Waals surface area (Å²) in [6.07, 6.45) is 0. The lowest BCUT2D eigenvalue weighted by Gasteiger charge is -2.08. The lowest BCUT2D eigenvalue weighted by Crippen LogP contribution is -2.38. The van der Waals surface area contributed by atoms with Crippen molar-refractivity contribution in [1.29, 1.82) is 0 Å². The minimum atomic E-state index is -0.591. The summed E-state index contributed by atoms with van der Waals surface area (Å²) >= 11 is 4.66. The third kappa shape index (κ3) is 3.13. The molecule has 0 bridgehead atoms. The number of hydrogen-bond acceptors (Lipinski definition) is 4. The fourth-order valence-electron chi connectivity index (χ4n) is 2.21. The van der Waals surface area contributed by atoms with Gasteiger partial charge in [0.2, 0.25) is 5.91 Å². The van der Waals surface area contributed by atoms with Crippen LogP contribution in [-0.4, -0.2) is 15.5 Å². The maximum Gasteiger partial charge on any atom is 0.329 e. The van der Waals surface area contributed by atoms with Crippen LogP contribution in [0.15, 0.2) is 44.4 Å². The summed E-state index contributed by atoms with van der Waals surface area (Å²) in [6.45, 7) is 1.51. The minimum absolute atomic E-state index is 0.347. The summed E-state index contributed by atoms with van der Waals surface area (Å²) in [7, 11) is 0. The van der Waals surface area contributed by atoms with Gasteiger partial charge in [0.15, 0.2) is 0 Å². The number of para-hydroxylation sites is 1. The molecular formula is C15H12BrN3O3S. The summed E-state index contributed by atoms with van der Waals surface area (Å²) < 4.78 is 1.62. The summed E-state index contributed by atoms with van der Waals surface area (Å²) in [5.41, 5.74) is -0.476. The van der Waals surface area contributed by atoms with E-state index in [9.17, 15) is 14.4 Å². The Morgan fingerprint density at radius 3 is 2.83 bits per heavy atom. The van der Waals surface area contributed by atoms with Crippen LogP contribution in [-0.2, 0) is 11.3 Å². The maximum absolute atomic E-state index is 12.4. The molecule has 0 radical (unpaired) electrons. The first-order valence-electron chi connectivity index (χ1n) is 6.73. The molecule has 0 aliphatic carbocycles. The molecular weight excluding hydrogens is 382 g/mol. The average molecular weight is 394 g/mol. The van der Waals surface area contributed by atoms with Crippen LogP contribution in [0.5, 0.6) is 0 Å². The number of anilines is 1. The zero-order valence-corrected chi connectivity index (χ0v) is 14.5. The molecule has 2 N–H and O–H groups in total. The first-order chi connectivity index (χ1) is 11.0. The number of amides is 1. The van der Waals surface area contributed by atoms with Crippen LogP contribution in [0.2, 0.25) is 0 Å². The van der Waals surface area contributed by atoms with Gasteiger partial charge in [-0.15, -0.1) is 11.3 Å². The number of rotatable bonds is 3. The molecule has 2 heterocycles. The number of fused-ring (bicyclic) bond motifs is 1. The van der Waals surface area contributed by atoms with E-state index in [0.717, 1.165) is 13.9 Å². The lowest BCUT2D eigenvalue weighted by atomic mass is 10.3. The normalized spacial score (nSPS) is 10.9. The second-order valence-corrected chi connectivity index (χ2v) is 7.06. The largest absolute Gasteiger partial charge is 0.329 e. The lowest BCUT2D eigenvalue weighted by molar-refractivity contribution is -0.116. The number of benzene rings is 1. The quantitative estimate of drug-likeness (QED) is 0.716. The second kappa shape index (κ2) is 6.13. The van der Waals surface area contributed by atoms with Gasteiger partial charge in [-0.3, -0.25) is 19.1 Å². The third-order valence-electron chi connectivity index (χ3n) is 3.25. The molecule has 0 saturated heterocycles. The molecule has 0 spiro atoms. The molecule has 3 rings (SSSR count). The van der Waals surface area contributed by atoms with Crippen molar-refractivity contribution in [2.24, 2.45) is 0 Å². The number of aryl methyl sites for hydroxylation is 1. The summed E-state index contributed by atoms with van der Waals surface area (Å²) in [5.74, 6) is -0.448. The SMILES string of the molecule is Cc1cc2c(=O)n(CC(=O)Nc3ccccc3Br)c(=O)[nH]c2s1. The number of hydrogen-bond donors (Lipinski definition) is 2. The number of nitrogens with one attached hydrogen (secondary N) is 2. The van der Waals surface area contributed by atoms with Gasteiger partial charge in [-0.25, -0.2) is 4.79 Å². The highest BCUT2D eigenvalue weighted by Crippen LogP contribution is 2.21. The van der Waals surface area contributed by atoms with Gasteiger partial charge in [0.1, 0.15) is 11.4 Å². The van der Waals surface area contributed by atoms with Crippen molar-refractivity contribution in [2.45, 2.75) is 13.5 Å². The first-order valence-corrected chi connectivity index (χ1v) is 8.34. The molecule has 1 aromatic carbocycles. The van der Waals surface area contributed by atoms with E-state index in [1.165, 1.54) is 11.3 Å². The van der Waals surface area contributed by atoms with Crippen LogP contribution in [0.25, 0.3) is 10.2 Å². The van der Waals surface area contributed by atoms with E-state index in [0.29, 0.717) is 15.9 Å². The molecule has 3 aromatic rings. The zero-order chi connectivity index (χ0) is 16.6. The first kappa shape index (κ1) is 15.7. The second-order valence-electron chi connectivity index (χ2n) is 4.95. The van der Waals surface area contributed by atoms with Crippen LogP contribution >= 0.6 is 27.3 Å². The fraction of sp³-hybridized carbons (Fsp3) is 0.133. The summed E-state index contributed by atoms with van der Waals surface area (Å²) in [6, 6.07) is 8.82. The van der Waals surface area contributed by atoms with Gasteiger partial charge in [0.25, 0.3) is 5.56 Å². The zero-order valence-electron chi connectivity index (χ0n) is 12.1. The monoisotopic (exact) mass is 393 g/mol. The van der Waals surface area contributed by atoms with Crippen LogP contribution < -0.4 is 16.6 Å². The summed E-state index contributed by atoms with van der Waals surface area (Å²) in [4.78, 5) is 40.6. The fourth-order valence-corrected chi connectivity index (χ4v) is 3.48. The van der Waals surface area contributed by atoms with Crippen molar-refractivity contribution in [2.75, 3.05) is 5.32 Å². The Kier molecular flexibility index (Phi) is 4.18.